The van der Waals surface area contributed by atoms with Gasteiger partial charge >= 0.3 is 11.9 Å². The molecule has 0 radical (unpaired) electrons. The molecule has 0 aliphatic rings. The van der Waals surface area contributed by atoms with Gasteiger partial charge in [-0.15, -0.1) is 0 Å². The lowest BCUT2D eigenvalue weighted by Gasteiger charge is -2.12. The van der Waals surface area contributed by atoms with Crippen LogP contribution in [-0.4, -0.2) is 47.0 Å². The third-order valence-electron chi connectivity index (χ3n) is 5.64. The van der Waals surface area contributed by atoms with E-state index in [9.17, 15) is 34.1 Å². The van der Waals surface area contributed by atoms with E-state index < -0.39 is 35.4 Å². The average Bonchev–Trinajstić information content (AvgIpc) is 2.96. The Morgan fingerprint density at radius 3 is 2.20 bits per heavy atom. The maximum atomic E-state index is 12.4. The van der Waals surface area contributed by atoms with Gasteiger partial charge in [-0.25, -0.2) is 4.79 Å². The number of hydrogen-bond donors (Lipinski definition) is 1. The largest absolute Gasteiger partial charge is 0.457 e. The molecule has 1 unspecified atom stereocenters. The maximum absolute atomic E-state index is 12.4. The van der Waals surface area contributed by atoms with Crippen molar-refractivity contribution in [3.05, 3.63) is 106 Å². The summed E-state index contributed by atoms with van der Waals surface area (Å²) < 4.78 is 10.2. The van der Waals surface area contributed by atoms with E-state index in [2.05, 4.69) is 5.32 Å². The van der Waals surface area contributed by atoms with Crippen molar-refractivity contribution in [2.45, 2.75) is 32.3 Å². The fourth-order valence-corrected chi connectivity index (χ4v) is 3.52. The van der Waals surface area contributed by atoms with Crippen LogP contribution in [0, 0.1) is 10.1 Å². The number of anilines is 1. The van der Waals surface area contributed by atoms with Gasteiger partial charge in [-0.1, -0.05) is 42.5 Å². The highest BCUT2D eigenvalue weighted by Gasteiger charge is 2.20. The second kappa shape index (κ2) is 14.1. The minimum absolute atomic E-state index is 0.00314. The molecule has 0 saturated heterocycles. The number of benzene rings is 3. The SMILES string of the molecule is CC(OC(=O)c1ccc(NC(=O)CCCC(=O)OCC(=O)c2cccc([N+](=O)[O-])c2)cc1)C(=O)c1ccccc1. The molecule has 0 spiro atoms. The zero-order valence-corrected chi connectivity index (χ0v) is 21.5. The highest BCUT2D eigenvalue weighted by molar-refractivity contribution is 6.01. The van der Waals surface area contributed by atoms with Gasteiger partial charge in [-0.05, 0) is 37.6 Å². The summed E-state index contributed by atoms with van der Waals surface area (Å²) in [5.74, 6) is -2.65. The number of hydrogen-bond acceptors (Lipinski definition) is 9. The Kier molecular flexibility index (Phi) is 10.4. The molecule has 0 heterocycles. The molecule has 0 fully saturated rings. The van der Waals surface area contributed by atoms with Gasteiger partial charge in [0.25, 0.3) is 5.69 Å². The summed E-state index contributed by atoms with van der Waals surface area (Å²) in [5, 5.41) is 13.5. The molecule has 11 heteroatoms. The highest BCUT2D eigenvalue weighted by atomic mass is 16.6. The van der Waals surface area contributed by atoms with Crippen molar-refractivity contribution >= 4 is 40.8 Å². The van der Waals surface area contributed by atoms with Crippen molar-refractivity contribution in [3.63, 3.8) is 0 Å². The highest BCUT2D eigenvalue weighted by Crippen LogP contribution is 2.15. The van der Waals surface area contributed by atoms with Crippen LogP contribution in [0.4, 0.5) is 11.4 Å². The Morgan fingerprint density at radius 2 is 1.52 bits per heavy atom. The van der Waals surface area contributed by atoms with E-state index in [1.165, 1.54) is 49.4 Å². The van der Waals surface area contributed by atoms with Crippen LogP contribution < -0.4 is 5.32 Å². The molecule has 40 heavy (non-hydrogen) atoms. The molecule has 206 valence electrons. The number of nitro benzene ring substituents is 1. The molecule has 0 aliphatic heterocycles. The summed E-state index contributed by atoms with van der Waals surface area (Å²) in [7, 11) is 0. The first-order valence-electron chi connectivity index (χ1n) is 12.3. The zero-order chi connectivity index (χ0) is 29.1. The molecule has 0 bridgehead atoms. The topological polar surface area (TPSA) is 159 Å². The minimum Gasteiger partial charge on any atom is -0.457 e. The van der Waals surface area contributed by atoms with Crippen LogP contribution in [0.3, 0.4) is 0 Å². The summed E-state index contributed by atoms with van der Waals surface area (Å²) in [4.78, 5) is 71.2. The molecule has 1 amide bonds. The van der Waals surface area contributed by atoms with E-state index in [4.69, 9.17) is 9.47 Å². The van der Waals surface area contributed by atoms with E-state index in [-0.39, 0.29) is 47.8 Å². The van der Waals surface area contributed by atoms with Crippen LogP contribution in [0.25, 0.3) is 0 Å². The summed E-state index contributed by atoms with van der Waals surface area (Å²) in [6.45, 7) is 0.924. The van der Waals surface area contributed by atoms with E-state index in [1.54, 1.807) is 30.3 Å². The zero-order valence-electron chi connectivity index (χ0n) is 21.5. The second-order valence-electron chi connectivity index (χ2n) is 8.65. The molecule has 1 atom stereocenters. The Balaban J connectivity index is 1.38. The lowest BCUT2D eigenvalue weighted by atomic mass is 10.1. The first-order valence-corrected chi connectivity index (χ1v) is 12.3. The van der Waals surface area contributed by atoms with Gasteiger partial charge < -0.3 is 14.8 Å². The van der Waals surface area contributed by atoms with Crippen molar-refractivity contribution in [2.24, 2.45) is 0 Å². The maximum Gasteiger partial charge on any atom is 0.338 e. The number of ether oxygens (including phenoxy) is 2. The number of nitrogens with zero attached hydrogens (tertiary/aromatic N) is 1. The van der Waals surface area contributed by atoms with E-state index >= 15 is 0 Å². The Bertz CT molecular complexity index is 1400. The summed E-state index contributed by atoms with van der Waals surface area (Å²) >= 11 is 0. The summed E-state index contributed by atoms with van der Waals surface area (Å²) in [6.07, 6.45) is -0.927. The first-order chi connectivity index (χ1) is 19.1. The van der Waals surface area contributed by atoms with Crippen molar-refractivity contribution < 1.29 is 38.4 Å². The van der Waals surface area contributed by atoms with Crippen LogP contribution in [0.1, 0.15) is 57.3 Å². The van der Waals surface area contributed by atoms with E-state index in [0.717, 1.165) is 6.07 Å². The number of carbonyl (C=O) groups excluding carboxylic acids is 5. The van der Waals surface area contributed by atoms with Crippen molar-refractivity contribution in [2.75, 3.05) is 11.9 Å². The summed E-state index contributed by atoms with van der Waals surface area (Å²) in [6, 6.07) is 19.5. The predicted octanol–water partition coefficient (Wildman–Crippen LogP) is 4.56. The van der Waals surface area contributed by atoms with Gasteiger partial charge in [0, 0.05) is 41.8 Å². The standard InChI is InChI=1S/C29H26N2O9/c1-19(28(35)20-7-3-2-4-8-20)40-29(36)21-13-15-23(16-14-21)30-26(33)11-6-12-27(34)39-18-25(32)22-9-5-10-24(17-22)31(37)38/h2-5,7-10,13-17,19H,6,11-12,18H2,1H3,(H,30,33). The van der Waals surface area contributed by atoms with Gasteiger partial charge in [0.15, 0.2) is 12.7 Å². The number of carbonyl (C=O) groups is 5. The van der Waals surface area contributed by atoms with E-state index in [0.29, 0.717) is 11.3 Å². The number of nitro groups is 1. The molecule has 1 N–H and O–H groups in total. The van der Waals surface area contributed by atoms with Crippen LogP contribution in [-0.2, 0) is 19.1 Å². The molecular weight excluding hydrogens is 520 g/mol. The number of esters is 2. The molecular formula is C29H26N2O9. The first kappa shape index (κ1) is 29.4. The number of ketones is 2. The van der Waals surface area contributed by atoms with Crippen LogP contribution in [0.15, 0.2) is 78.9 Å². The molecule has 0 saturated carbocycles. The number of amides is 1. The predicted molar refractivity (Wildman–Crippen MR) is 143 cm³/mol. The minimum atomic E-state index is -0.973. The third kappa shape index (κ3) is 8.69. The lowest BCUT2D eigenvalue weighted by molar-refractivity contribution is -0.384. The second-order valence-corrected chi connectivity index (χ2v) is 8.65. The van der Waals surface area contributed by atoms with Crippen LogP contribution in [0.5, 0.6) is 0 Å². The number of nitrogens with one attached hydrogen (secondary N) is 1. The molecule has 0 aromatic heterocycles. The average molecular weight is 547 g/mol. The number of Topliss-reactive ketones (excluding diaryl/α,β-unsaturated/α-hetero) is 2. The molecule has 11 nitrogen and oxygen atoms in total. The van der Waals surface area contributed by atoms with Gasteiger partial charge in [-0.3, -0.25) is 29.3 Å². The molecule has 3 aromatic rings. The molecule has 0 aliphatic carbocycles. The van der Waals surface area contributed by atoms with Crippen LogP contribution in [0.2, 0.25) is 0 Å². The fourth-order valence-electron chi connectivity index (χ4n) is 3.52. The normalized spacial score (nSPS) is 11.1. The van der Waals surface area contributed by atoms with Gasteiger partial charge in [0.05, 0.1) is 10.5 Å². The Morgan fingerprint density at radius 1 is 0.850 bits per heavy atom. The smallest absolute Gasteiger partial charge is 0.338 e. The number of rotatable bonds is 13. The Hall–Kier alpha value is -5.19. The monoisotopic (exact) mass is 546 g/mol. The quantitative estimate of drug-likeness (QED) is 0.140. The van der Waals surface area contributed by atoms with Crippen molar-refractivity contribution in [1.82, 2.24) is 0 Å². The fraction of sp³-hybridized carbons (Fsp3) is 0.207. The lowest BCUT2D eigenvalue weighted by Crippen LogP contribution is -2.24. The molecule has 3 rings (SSSR count). The van der Waals surface area contributed by atoms with Crippen molar-refractivity contribution in [1.29, 1.82) is 0 Å². The van der Waals surface area contributed by atoms with Crippen molar-refractivity contribution in [3.8, 4) is 0 Å². The molecule has 3 aromatic carbocycles. The third-order valence-corrected chi connectivity index (χ3v) is 5.64. The van der Waals surface area contributed by atoms with Gasteiger partial charge in [-0.2, -0.15) is 0 Å². The van der Waals surface area contributed by atoms with Gasteiger partial charge in [0.1, 0.15) is 0 Å². The van der Waals surface area contributed by atoms with E-state index in [1.807, 2.05) is 0 Å². The summed E-state index contributed by atoms with van der Waals surface area (Å²) in [5.41, 5.74) is 0.856. The van der Waals surface area contributed by atoms with Gasteiger partial charge in [0.2, 0.25) is 17.5 Å². The van der Waals surface area contributed by atoms with Crippen LogP contribution >= 0.6 is 0 Å². The number of non-ortho nitro benzene ring substituents is 1. The Labute approximate surface area is 229 Å².